The van der Waals surface area contributed by atoms with Gasteiger partial charge in [-0.15, -0.1) is 0 Å². The molecule has 0 fully saturated rings. The number of unbranched alkanes of at least 4 members (excludes halogenated alkanes) is 1. The van der Waals surface area contributed by atoms with Gasteiger partial charge in [0.2, 0.25) is 5.88 Å². The van der Waals surface area contributed by atoms with Crippen LogP contribution < -0.4 is 15.8 Å². The summed E-state index contributed by atoms with van der Waals surface area (Å²) in [5.41, 5.74) is 6.46. The maximum absolute atomic E-state index is 5.80. The third-order valence-electron chi connectivity index (χ3n) is 2.18. The normalized spacial score (nSPS) is 10.1. The Bertz CT molecular complexity index is 320. The Morgan fingerprint density at radius 1 is 1.44 bits per heavy atom. The standard InChI is InChI=1S/C11H19N3OS/c1-15-10-6-5-9(12)11(14-10)13-7-3-4-8-16-2/h5-6H,3-4,7-8,12H2,1-2H3,(H,13,14). The van der Waals surface area contributed by atoms with Crippen molar-refractivity contribution in [2.24, 2.45) is 0 Å². The van der Waals surface area contributed by atoms with E-state index in [9.17, 15) is 0 Å². The highest BCUT2D eigenvalue weighted by Crippen LogP contribution is 2.19. The molecular weight excluding hydrogens is 222 g/mol. The smallest absolute Gasteiger partial charge is 0.215 e. The summed E-state index contributed by atoms with van der Waals surface area (Å²) in [7, 11) is 1.60. The SMILES string of the molecule is COc1ccc(N)c(NCCCCSC)n1. The molecule has 0 saturated carbocycles. The van der Waals surface area contributed by atoms with Crippen LogP contribution in [0.3, 0.4) is 0 Å². The molecule has 0 amide bonds. The number of aromatic nitrogens is 1. The first kappa shape index (κ1) is 13.0. The average molecular weight is 241 g/mol. The first-order valence-electron chi connectivity index (χ1n) is 5.31. The fourth-order valence-corrected chi connectivity index (χ4v) is 1.78. The minimum Gasteiger partial charge on any atom is -0.481 e. The fraction of sp³-hybridized carbons (Fsp3) is 0.545. The van der Waals surface area contributed by atoms with Crippen molar-refractivity contribution in [3.63, 3.8) is 0 Å². The van der Waals surface area contributed by atoms with E-state index in [0.717, 1.165) is 13.0 Å². The van der Waals surface area contributed by atoms with Crippen molar-refractivity contribution < 1.29 is 4.74 Å². The van der Waals surface area contributed by atoms with Crippen LogP contribution in [0.15, 0.2) is 12.1 Å². The second kappa shape index (κ2) is 7.22. The summed E-state index contributed by atoms with van der Waals surface area (Å²) < 4.78 is 5.04. The van der Waals surface area contributed by atoms with Crippen LogP contribution in [0.4, 0.5) is 11.5 Å². The van der Waals surface area contributed by atoms with Gasteiger partial charge in [0.1, 0.15) is 0 Å². The number of thioether (sulfide) groups is 1. The van der Waals surface area contributed by atoms with Crippen molar-refractivity contribution >= 4 is 23.3 Å². The molecule has 0 atom stereocenters. The van der Waals surface area contributed by atoms with E-state index in [4.69, 9.17) is 10.5 Å². The largest absolute Gasteiger partial charge is 0.481 e. The minimum absolute atomic E-state index is 0.584. The first-order valence-corrected chi connectivity index (χ1v) is 6.70. The third kappa shape index (κ3) is 4.18. The summed E-state index contributed by atoms with van der Waals surface area (Å²) in [6.45, 7) is 0.894. The van der Waals surface area contributed by atoms with Crippen LogP contribution in [0.25, 0.3) is 0 Å². The van der Waals surface area contributed by atoms with Gasteiger partial charge in [0.25, 0.3) is 0 Å². The number of nitrogens with two attached hydrogens (primary N) is 1. The Hall–Kier alpha value is -1.10. The number of anilines is 2. The number of methoxy groups -OCH3 is 1. The Balaban J connectivity index is 2.40. The molecular formula is C11H19N3OS. The van der Waals surface area contributed by atoms with E-state index < -0.39 is 0 Å². The van der Waals surface area contributed by atoms with Crippen LogP contribution in [0, 0.1) is 0 Å². The van der Waals surface area contributed by atoms with Gasteiger partial charge in [0.15, 0.2) is 5.82 Å². The van der Waals surface area contributed by atoms with Gasteiger partial charge in [-0.3, -0.25) is 0 Å². The number of nitrogens with one attached hydrogen (secondary N) is 1. The highest BCUT2D eigenvalue weighted by molar-refractivity contribution is 7.98. The maximum Gasteiger partial charge on any atom is 0.215 e. The Kier molecular flexibility index (Phi) is 5.85. The van der Waals surface area contributed by atoms with E-state index in [-0.39, 0.29) is 0 Å². The molecule has 0 aliphatic heterocycles. The zero-order chi connectivity index (χ0) is 11.8. The van der Waals surface area contributed by atoms with Gasteiger partial charge in [0.05, 0.1) is 12.8 Å². The molecule has 3 N–H and O–H groups in total. The highest BCUT2D eigenvalue weighted by atomic mass is 32.2. The second-order valence-electron chi connectivity index (χ2n) is 3.42. The maximum atomic E-state index is 5.80. The number of ether oxygens (including phenoxy) is 1. The zero-order valence-electron chi connectivity index (χ0n) is 9.82. The number of nitrogen functional groups attached to an aromatic ring is 1. The van der Waals surface area contributed by atoms with Crippen LogP contribution >= 0.6 is 11.8 Å². The average Bonchev–Trinajstić information content (AvgIpc) is 2.31. The van der Waals surface area contributed by atoms with E-state index in [1.54, 1.807) is 19.2 Å². The van der Waals surface area contributed by atoms with E-state index >= 15 is 0 Å². The van der Waals surface area contributed by atoms with Crippen LogP contribution in [-0.2, 0) is 0 Å². The molecule has 90 valence electrons. The summed E-state index contributed by atoms with van der Waals surface area (Å²) in [6.07, 6.45) is 4.45. The number of hydrogen-bond donors (Lipinski definition) is 2. The highest BCUT2D eigenvalue weighted by Gasteiger charge is 2.02. The van der Waals surface area contributed by atoms with E-state index in [0.29, 0.717) is 17.4 Å². The van der Waals surface area contributed by atoms with Gasteiger partial charge >= 0.3 is 0 Å². The molecule has 0 unspecified atom stereocenters. The Labute approximate surface area is 101 Å². The van der Waals surface area contributed by atoms with Crippen LogP contribution in [0.5, 0.6) is 5.88 Å². The predicted molar refractivity (Wildman–Crippen MR) is 71.3 cm³/mol. The summed E-state index contributed by atoms with van der Waals surface area (Å²) in [5, 5.41) is 3.22. The van der Waals surface area contributed by atoms with Crippen molar-refractivity contribution in [1.82, 2.24) is 4.98 Å². The molecule has 16 heavy (non-hydrogen) atoms. The molecule has 0 aromatic carbocycles. The molecule has 1 aromatic heterocycles. The lowest BCUT2D eigenvalue weighted by molar-refractivity contribution is 0.398. The van der Waals surface area contributed by atoms with Crippen LogP contribution in [0.2, 0.25) is 0 Å². The molecule has 0 radical (unpaired) electrons. The monoisotopic (exact) mass is 241 g/mol. The van der Waals surface area contributed by atoms with Gasteiger partial charge in [-0.1, -0.05) is 0 Å². The summed E-state index contributed by atoms with van der Waals surface area (Å²) in [5.74, 6) is 2.49. The van der Waals surface area contributed by atoms with E-state index in [1.165, 1.54) is 12.2 Å². The Morgan fingerprint density at radius 2 is 2.25 bits per heavy atom. The third-order valence-corrected chi connectivity index (χ3v) is 2.87. The fourth-order valence-electron chi connectivity index (χ4n) is 1.29. The number of rotatable bonds is 7. The molecule has 0 bridgehead atoms. The van der Waals surface area contributed by atoms with Crippen LogP contribution in [0.1, 0.15) is 12.8 Å². The molecule has 1 rings (SSSR count). The van der Waals surface area contributed by atoms with Gasteiger partial charge in [-0.2, -0.15) is 16.7 Å². The molecule has 0 aliphatic rings. The summed E-state index contributed by atoms with van der Waals surface area (Å²) in [4.78, 5) is 4.25. The Morgan fingerprint density at radius 3 is 2.94 bits per heavy atom. The molecule has 0 aliphatic carbocycles. The lowest BCUT2D eigenvalue weighted by Crippen LogP contribution is -2.07. The van der Waals surface area contributed by atoms with Crippen molar-refractivity contribution in [3.8, 4) is 5.88 Å². The molecule has 0 spiro atoms. The van der Waals surface area contributed by atoms with Crippen LogP contribution in [-0.4, -0.2) is 30.6 Å². The van der Waals surface area contributed by atoms with Crippen molar-refractivity contribution in [2.75, 3.05) is 36.7 Å². The van der Waals surface area contributed by atoms with Crippen molar-refractivity contribution in [2.45, 2.75) is 12.8 Å². The lowest BCUT2D eigenvalue weighted by atomic mass is 10.3. The van der Waals surface area contributed by atoms with Crippen molar-refractivity contribution in [1.29, 1.82) is 0 Å². The molecule has 0 saturated heterocycles. The number of hydrogen-bond acceptors (Lipinski definition) is 5. The van der Waals surface area contributed by atoms with E-state index in [1.807, 2.05) is 11.8 Å². The second-order valence-corrected chi connectivity index (χ2v) is 4.40. The topological polar surface area (TPSA) is 60.2 Å². The predicted octanol–water partition coefficient (Wildman–Crippen LogP) is 2.23. The van der Waals surface area contributed by atoms with Gasteiger partial charge in [0, 0.05) is 12.6 Å². The minimum atomic E-state index is 0.584. The molecule has 1 aromatic rings. The van der Waals surface area contributed by atoms with Gasteiger partial charge in [-0.05, 0) is 30.9 Å². The summed E-state index contributed by atoms with van der Waals surface area (Å²) >= 11 is 1.87. The van der Waals surface area contributed by atoms with E-state index in [2.05, 4.69) is 16.6 Å². The number of pyridine rings is 1. The molecule has 5 heteroatoms. The number of nitrogens with zero attached hydrogens (tertiary/aromatic N) is 1. The van der Waals surface area contributed by atoms with Gasteiger partial charge in [-0.25, -0.2) is 0 Å². The van der Waals surface area contributed by atoms with Gasteiger partial charge < -0.3 is 15.8 Å². The molecule has 4 nitrogen and oxygen atoms in total. The summed E-state index contributed by atoms with van der Waals surface area (Å²) in [6, 6.07) is 3.56. The zero-order valence-corrected chi connectivity index (χ0v) is 10.6. The first-order chi connectivity index (χ1) is 7.77. The molecule has 1 heterocycles. The quantitative estimate of drug-likeness (QED) is 0.717. The lowest BCUT2D eigenvalue weighted by Gasteiger charge is -2.09. The van der Waals surface area contributed by atoms with Crippen molar-refractivity contribution in [3.05, 3.63) is 12.1 Å².